The number of carbonyl (C=O) groups excluding carboxylic acids is 2. The van der Waals surface area contributed by atoms with Crippen molar-refractivity contribution in [3.05, 3.63) is 94.7 Å². The Morgan fingerprint density at radius 2 is 1.61 bits per heavy atom. The summed E-state index contributed by atoms with van der Waals surface area (Å²) in [5.41, 5.74) is 4.70. The second-order valence-electron chi connectivity index (χ2n) is 10.6. The number of pyridine rings is 1. The Morgan fingerprint density at radius 3 is 2.25 bits per heavy atom. The van der Waals surface area contributed by atoms with Gasteiger partial charge in [-0.25, -0.2) is 4.98 Å². The van der Waals surface area contributed by atoms with Crippen molar-refractivity contribution >= 4 is 17.6 Å². The minimum atomic E-state index is -0.359. The van der Waals surface area contributed by atoms with E-state index >= 15 is 0 Å². The summed E-state index contributed by atoms with van der Waals surface area (Å²) in [4.78, 5) is 35.1. The second kappa shape index (κ2) is 9.41. The van der Waals surface area contributed by atoms with Crippen LogP contribution in [0.3, 0.4) is 0 Å². The third-order valence-electron chi connectivity index (χ3n) is 7.57. The summed E-state index contributed by atoms with van der Waals surface area (Å²) in [6.07, 6.45) is 1.90. The molecule has 2 atom stereocenters. The minimum absolute atomic E-state index is 0.0136. The summed E-state index contributed by atoms with van der Waals surface area (Å²) in [7, 11) is 0. The van der Waals surface area contributed by atoms with Gasteiger partial charge in [-0.15, -0.1) is 0 Å². The molecule has 6 heteroatoms. The van der Waals surface area contributed by atoms with E-state index in [1.807, 2.05) is 60.5 Å². The summed E-state index contributed by atoms with van der Waals surface area (Å²) in [6, 6.07) is 20.0. The maximum Gasteiger partial charge on any atom is 0.253 e. The monoisotopic (exact) mass is 482 g/mol. The van der Waals surface area contributed by atoms with Crippen LogP contribution in [0.25, 0.3) is 0 Å². The molecule has 2 aromatic carbocycles. The number of nitrogens with one attached hydrogen (secondary N) is 1. The number of hydrogen-bond donors (Lipinski definition) is 1. The van der Waals surface area contributed by atoms with Crippen LogP contribution in [0, 0.1) is 13.8 Å². The number of anilines is 1. The molecular weight excluding hydrogens is 448 g/mol. The highest BCUT2D eigenvalue weighted by atomic mass is 16.2. The molecule has 2 aliphatic rings. The zero-order valence-electron chi connectivity index (χ0n) is 21.5. The second-order valence-corrected chi connectivity index (χ2v) is 10.6. The van der Waals surface area contributed by atoms with Gasteiger partial charge < -0.3 is 15.1 Å². The van der Waals surface area contributed by atoms with Crippen molar-refractivity contribution in [2.45, 2.75) is 45.1 Å². The number of aromatic nitrogens is 1. The average molecular weight is 483 g/mol. The summed E-state index contributed by atoms with van der Waals surface area (Å²) in [5, 5.41) is 3.18. The van der Waals surface area contributed by atoms with Gasteiger partial charge in [0.15, 0.2) is 0 Å². The normalized spacial score (nSPS) is 21.4. The van der Waals surface area contributed by atoms with Gasteiger partial charge in [0.1, 0.15) is 5.82 Å². The molecule has 186 valence electrons. The standard InChI is InChI=1S/C30H34N4O2/c1-20-18-21(2)27(31-19-20)33-14-16-34(17-15-33)29(36)24-12-10-22(11-13-24)25-26(23-8-6-5-7-9-23)30(3,4)32-28(25)35/h5-13,18-19,25-26H,14-17H2,1-4H3,(H,32,35)/t25-,26?/m0/s1. The van der Waals surface area contributed by atoms with Crippen molar-refractivity contribution in [1.29, 1.82) is 0 Å². The summed E-state index contributed by atoms with van der Waals surface area (Å²) >= 11 is 0. The van der Waals surface area contributed by atoms with Crippen LogP contribution in [-0.4, -0.2) is 53.4 Å². The van der Waals surface area contributed by atoms with Crippen LogP contribution in [0.1, 0.15) is 58.3 Å². The molecule has 6 nitrogen and oxygen atoms in total. The van der Waals surface area contributed by atoms with E-state index < -0.39 is 0 Å². The topological polar surface area (TPSA) is 65.5 Å². The molecule has 1 aromatic heterocycles. The molecule has 3 heterocycles. The number of carbonyl (C=O) groups is 2. The summed E-state index contributed by atoms with van der Waals surface area (Å²) < 4.78 is 0. The van der Waals surface area contributed by atoms with E-state index in [0.717, 1.165) is 35.6 Å². The van der Waals surface area contributed by atoms with Crippen LogP contribution in [-0.2, 0) is 4.79 Å². The Bertz CT molecular complexity index is 1260. The molecule has 0 spiro atoms. The lowest BCUT2D eigenvalue weighted by atomic mass is 9.75. The van der Waals surface area contributed by atoms with E-state index in [1.54, 1.807) is 0 Å². The fourth-order valence-electron chi connectivity index (χ4n) is 5.83. The van der Waals surface area contributed by atoms with Gasteiger partial charge in [-0.2, -0.15) is 0 Å². The fraction of sp³-hybridized carbons (Fsp3) is 0.367. The lowest BCUT2D eigenvalue weighted by molar-refractivity contribution is -0.120. The molecule has 0 aliphatic carbocycles. The predicted octanol–water partition coefficient (Wildman–Crippen LogP) is 4.44. The van der Waals surface area contributed by atoms with Crippen molar-refractivity contribution in [3.8, 4) is 0 Å². The van der Waals surface area contributed by atoms with Crippen molar-refractivity contribution in [2.75, 3.05) is 31.1 Å². The molecule has 2 aliphatic heterocycles. The van der Waals surface area contributed by atoms with E-state index in [1.165, 1.54) is 5.56 Å². The average Bonchev–Trinajstić information content (AvgIpc) is 3.12. The van der Waals surface area contributed by atoms with Gasteiger partial charge in [0, 0.05) is 49.4 Å². The number of benzene rings is 2. The van der Waals surface area contributed by atoms with Gasteiger partial charge in [0.25, 0.3) is 5.91 Å². The summed E-state index contributed by atoms with van der Waals surface area (Å²) in [5.74, 6) is 0.789. The van der Waals surface area contributed by atoms with Gasteiger partial charge in [-0.3, -0.25) is 9.59 Å². The zero-order chi connectivity index (χ0) is 25.4. The van der Waals surface area contributed by atoms with Crippen molar-refractivity contribution in [2.24, 2.45) is 0 Å². The fourth-order valence-corrected chi connectivity index (χ4v) is 5.83. The Labute approximate surface area is 213 Å². The Balaban J connectivity index is 1.29. The van der Waals surface area contributed by atoms with Crippen molar-refractivity contribution in [1.82, 2.24) is 15.2 Å². The van der Waals surface area contributed by atoms with Gasteiger partial charge in [0.2, 0.25) is 5.91 Å². The lowest BCUT2D eigenvalue weighted by Gasteiger charge is -2.36. The first-order valence-electron chi connectivity index (χ1n) is 12.7. The SMILES string of the molecule is Cc1cnc(N2CCN(C(=O)c3ccc([C@@H]4C(=O)NC(C)(C)C4c4ccccc4)cc3)CC2)c(C)c1. The number of hydrogen-bond acceptors (Lipinski definition) is 4. The third-order valence-corrected chi connectivity index (χ3v) is 7.57. The van der Waals surface area contributed by atoms with Crippen LogP contribution < -0.4 is 10.2 Å². The van der Waals surface area contributed by atoms with E-state index in [-0.39, 0.29) is 29.2 Å². The number of rotatable bonds is 4. The highest BCUT2D eigenvalue weighted by Crippen LogP contribution is 2.45. The molecule has 2 fully saturated rings. The first-order valence-corrected chi connectivity index (χ1v) is 12.7. The van der Waals surface area contributed by atoms with E-state index in [0.29, 0.717) is 18.7 Å². The molecule has 2 saturated heterocycles. The van der Waals surface area contributed by atoms with Crippen molar-refractivity contribution < 1.29 is 9.59 Å². The van der Waals surface area contributed by atoms with Crippen LogP contribution in [0.5, 0.6) is 0 Å². The Morgan fingerprint density at radius 1 is 0.944 bits per heavy atom. The molecule has 1 N–H and O–H groups in total. The molecule has 36 heavy (non-hydrogen) atoms. The molecule has 0 saturated carbocycles. The van der Waals surface area contributed by atoms with Gasteiger partial charge in [-0.05, 0) is 62.1 Å². The van der Waals surface area contributed by atoms with Crippen LogP contribution in [0.2, 0.25) is 0 Å². The molecule has 0 bridgehead atoms. The van der Waals surface area contributed by atoms with E-state index in [4.69, 9.17) is 0 Å². The summed E-state index contributed by atoms with van der Waals surface area (Å²) in [6.45, 7) is 11.1. The maximum absolute atomic E-state index is 13.3. The molecule has 2 amide bonds. The highest BCUT2D eigenvalue weighted by molar-refractivity contribution is 5.95. The molecule has 1 unspecified atom stereocenters. The number of aryl methyl sites for hydroxylation is 2. The van der Waals surface area contributed by atoms with Gasteiger partial charge >= 0.3 is 0 Å². The number of amides is 2. The molecular formula is C30H34N4O2. The first-order chi connectivity index (χ1) is 17.2. The largest absolute Gasteiger partial charge is 0.353 e. The zero-order valence-corrected chi connectivity index (χ0v) is 21.5. The first kappa shape index (κ1) is 24.0. The quantitative estimate of drug-likeness (QED) is 0.597. The Hall–Kier alpha value is -3.67. The smallest absolute Gasteiger partial charge is 0.253 e. The number of piperazine rings is 1. The van der Waals surface area contributed by atoms with Gasteiger partial charge in [-0.1, -0.05) is 48.5 Å². The van der Waals surface area contributed by atoms with E-state index in [9.17, 15) is 9.59 Å². The van der Waals surface area contributed by atoms with Crippen LogP contribution >= 0.6 is 0 Å². The molecule has 3 aromatic rings. The number of nitrogens with zero attached hydrogens (tertiary/aromatic N) is 3. The van der Waals surface area contributed by atoms with Gasteiger partial charge in [0.05, 0.1) is 5.92 Å². The molecule has 0 radical (unpaired) electrons. The Kier molecular flexibility index (Phi) is 6.29. The van der Waals surface area contributed by atoms with E-state index in [2.05, 4.69) is 54.2 Å². The van der Waals surface area contributed by atoms with Crippen LogP contribution in [0.15, 0.2) is 66.9 Å². The van der Waals surface area contributed by atoms with Crippen molar-refractivity contribution in [3.63, 3.8) is 0 Å². The predicted molar refractivity (Wildman–Crippen MR) is 142 cm³/mol. The third kappa shape index (κ3) is 4.48. The maximum atomic E-state index is 13.3. The minimum Gasteiger partial charge on any atom is -0.353 e. The lowest BCUT2D eigenvalue weighted by Crippen LogP contribution is -2.49. The molecule has 5 rings (SSSR count). The van der Waals surface area contributed by atoms with Crippen LogP contribution in [0.4, 0.5) is 5.82 Å². The highest BCUT2D eigenvalue weighted by Gasteiger charge is 2.48.